The molecular formula is C19H24N2O3S. The van der Waals surface area contributed by atoms with E-state index in [1.165, 1.54) is 0 Å². The third kappa shape index (κ3) is 6.23. The number of hydrogen-bond acceptors (Lipinski definition) is 5. The molecule has 0 unspecified atom stereocenters. The van der Waals surface area contributed by atoms with Crippen LogP contribution in [0.5, 0.6) is 0 Å². The molecule has 0 fully saturated rings. The van der Waals surface area contributed by atoms with E-state index in [0.717, 1.165) is 16.8 Å². The van der Waals surface area contributed by atoms with Crippen molar-refractivity contribution in [1.82, 2.24) is 4.90 Å². The Balaban J connectivity index is 1.73. The second-order valence-electron chi connectivity index (χ2n) is 6.10. The molecule has 0 atom stereocenters. The summed E-state index contributed by atoms with van der Waals surface area (Å²) in [4.78, 5) is 27.4. The summed E-state index contributed by atoms with van der Waals surface area (Å²) in [6.07, 6.45) is 0.935. The second-order valence-corrected chi connectivity index (χ2v) is 6.88. The van der Waals surface area contributed by atoms with Gasteiger partial charge in [-0.15, -0.1) is 0 Å². The van der Waals surface area contributed by atoms with Crippen LogP contribution in [0.15, 0.2) is 41.1 Å². The van der Waals surface area contributed by atoms with Crippen LogP contribution >= 0.6 is 11.3 Å². The fraction of sp³-hybridized carbons (Fsp3) is 0.368. The van der Waals surface area contributed by atoms with Gasteiger partial charge >= 0.3 is 5.97 Å². The Labute approximate surface area is 152 Å². The lowest BCUT2D eigenvalue weighted by Crippen LogP contribution is -2.30. The highest BCUT2D eigenvalue weighted by atomic mass is 32.1. The molecule has 0 aliphatic heterocycles. The first kappa shape index (κ1) is 19.0. The molecule has 2 aromatic rings. The summed E-state index contributed by atoms with van der Waals surface area (Å²) in [6, 6.07) is 9.99. The number of likely N-dealkylation sites (N-methyl/N-ethyl adjacent to an activating group) is 1. The number of carbonyl (C=O) groups is 2. The average Bonchev–Trinajstić information content (AvgIpc) is 3.11. The van der Waals surface area contributed by atoms with E-state index in [9.17, 15) is 9.59 Å². The van der Waals surface area contributed by atoms with E-state index in [1.54, 1.807) is 23.3 Å². The molecule has 0 saturated heterocycles. The van der Waals surface area contributed by atoms with E-state index in [2.05, 4.69) is 0 Å². The van der Waals surface area contributed by atoms with Crippen molar-refractivity contribution < 1.29 is 14.3 Å². The Kier molecular flexibility index (Phi) is 7.01. The van der Waals surface area contributed by atoms with Crippen molar-refractivity contribution in [3.05, 3.63) is 52.2 Å². The van der Waals surface area contributed by atoms with Gasteiger partial charge in [0, 0.05) is 39.8 Å². The Morgan fingerprint density at radius 1 is 1.04 bits per heavy atom. The van der Waals surface area contributed by atoms with Crippen LogP contribution in [0, 0.1) is 0 Å². The lowest BCUT2D eigenvalue weighted by atomic mass is 10.2. The molecule has 0 aliphatic rings. The smallest absolute Gasteiger partial charge is 0.306 e. The molecule has 1 amide bonds. The molecule has 6 heteroatoms. The molecule has 0 bridgehead atoms. The van der Waals surface area contributed by atoms with E-state index < -0.39 is 0 Å². The number of thiophene rings is 1. The Morgan fingerprint density at radius 2 is 1.76 bits per heavy atom. The molecule has 1 aromatic carbocycles. The predicted molar refractivity (Wildman–Crippen MR) is 101 cm³/mol. The zero-order chi connectivity index (χ0) is 18.2. The van der Waals surface area contributed by atoms with Crippen LogP contribution in [0.25, 0.3) is 0 Å². The molecule has 0 N–H and O–H groups in total. The van der Waals surface area contributed by atoms with E-state index >= 15 is 0 Å². The van der Waals surface area contributed by atoms with Crippen LogP contribution < -0.4 is 4.90 Å². The molecule has 0 saturated carbocycles. The minimum absolute atomic E-state index is 0.208. The first-order valence-electron chi connectivity index (χ1n) is 8.12. The van der Waals surface area contributed by atoms with Gasteiger partial charge in [-0.05, 0) is 46.5 Å². The summed E-state index contributed by atoms with van der Waals surface area (Å²) in [7, 11) is 5.68. The topological polar surface area (TPSA) is 49.9 Å². The highest BCUT2D eigenvalue weighted by Crippen LogP contribution is 2.13. The number of ether oxygens (including phenoxy) is 1. The number of amides is 1. The molecule has 1 heterocycles. The summed E-state index contributed by atoms with van der Waals surface area (Å²) in [5.74, 6) is -0.552. The van der Waals surface area contributed by atoms with Gasteiger partial charge in [0.15, 0.2) is 6.61 Å². The number of aryl methyl sites for hydroxylation is 1. The maximum absolute atomic E-state index is 12.1. The van der Waals surface area contributed by atoms with Gasteiger partial charge in [-0.3, -0.25) is 9.59 Å². The number of hydrogen-bond donors (Lipinski definition) is 0. The minimum atomic E-state index is -0.344. The van der Waals surface area contributed by atoms with Crippen LogP contribution in [0.1, 0.15) is 17.5 Å². The van der Waals surface area contributed by atoms with Crippen molar-refractivity contribution in [2.75, 3.05) is 32.6 Å². The fourth-order valence-electron chi connectivity index (χ4n) is 2.27. The van der Waals surface area contributed by atoms with Crippen molar-refractivity contribution in [1.29, 1.82) is 0 Å². The van der Waals surface area contributed by atoms with Gasteiger partial charge in [-0.2, -0.15) is 11.3 Å². The third-order valence-electron chi connectivity index (χ3n) is 3.85. The molecule has 0 radical (unpaired) electrons. The predicted octanol–water partition coefficient (Wildman–Crippen LogP) is 2.95. The number of esters is 1. The van der Waals surface area contributed by atoms with Crippen molar-refractivity contribution in [3.8, 4) is 0 Å². The van der Waals surface area contributed by atoms with Crippen molar-refractivity contribution in [3.63, 3.8) is 0 Å². The second kappa shape index (κ2) is 9.22. The highest BCUT2D eigenvalue weighted by Gasteiger charge is 2.13. The highest BCUT2D eigenvalue weighted by molar-refractivity contribution is 7.07. The van der Waals surface area contributed by atoms with E-state index in [4.69, 9.17) is 4.74 Å². The van der Waals surface area contributed by atoms with Gasteiger partial charge in [-0.1, -0.05) is 12.1 Å². The number of rotatable bonds is 8. The lowest BCUT2D eigenvalue weighted by Gasteiger charge is -2.18. The first-order valence-corrected chi connectivity index (χ1v) is 9.07. The molecule has 5 nitrogen and oxygen atoms in total. The van der Waals surface area contributed by atoms with Gasteiger partial charge < -0.3 is 14.5 Å². The summed E-state index contributed by atoms with van der Waals surface area (Å²) in [6.45, 7) is 0.272. The minimum Gasteiger partial charge on any atom is -0.456 e. The molecule has 0 spiro atoms. The van der Waals surface area contributed by atoms with Crippen LogP contribution in [0.2, 0.25) is 0 Å². The van der Waals surface area contributed by atoms with Crippen molar-refractivity contribution >= 4 is 28.9 Å². The van der Waals surface area contributed by atoms with Gasteiger partial charge in [-0.25, -0.2) is 0 Å². The van der Waals surface area contributed by atoms with Crippen LogP contribution in [0.4, 0.5) is 5.69 Å². The maximum atomic E-state index is 12.1. The normalized spacial score (nSPS) is 10.4. The Hall–Kier alpha value is -2.34. The molecule has 25 heavy (non-hydrogen) atoms. The average molecular weight is 360 g/mol. The number of benzene rings is 1. The molecule has 2 rings (SSSR count). The van der Waals surface area contributed by atoms with Crippen molar-refractivity contribution in [2.24, 2.45) is 0 Å². The number of anilines is 1. The van der Waals surface area contributed by atoms with Crippen LogP contribution in [0.3, 0.4) is 0 Å². The molecular weight excluding hydrogens is 336 g/mol. The Bertz CT molecular complexity index is 681. The summed E-state index contributed by atoms with van der Waals surface area (Å²) >= 11 is 1.60. The lowest BCUT2D eigenvalue weighted by molar-refractivity contribution is -0.151. The summed E-state index contributed by atoms with van der Waals surface area (Å²) < 4.78 is 5.08. The van der Waals surface area contributed by atoms with Gasteiger partial charge in [0.25, 0.3) is 5.91 Å². The monoisotopic (exact) mass is 360 g/mol. The third-order valence-corrected chi connectivity index (χ3v) is 4.58. The van der Waals surface area contributed by atoms with Gasteiger partial charge in [0.05, 0.1) is 0 Å². The first-order chi connectivity index (χ1) is 12.0. The molecule has 134 valence electrons. The fourth-order valence-corrected chi connectivity index (χ4v) is 2.97. The SMILES string of the molecule is CN(Cc1ccc(N(C)C)cc1)C(=O)COC(=O)CCc1ccsc1. The van der Waals surface area contributed by atoms with E-state index in [1.807, 2.05) is 60.1 Å². The zero-order valence-corrected chi connectivity index (χ0v) is 15.7. The standard InChI is InChI=1S/C19H24N2O3S/c1-20(2)17-7-4-15(5-8-17)12-21(3)18(22)13-24-19(23)9-6-16-10-11-25-14-16/h4-5,7-8,10-11,14H,6,9,12-13H2,1-3H3. The van der Waals surface area contributed by atoms with Crippen LogP contribution in [-0.2, 0) is 27.3 Å². The van der Waals surface area contributed by atoms with E-state index in [0.29, 0.717) is 19.4 Å². The zero-order valence-electron chi connectivity index (χ0n) is 14.9. The quantitative estimate of drug-likeness (QED) is 0.679. The summed E-state index contributed by atoms with van der Waals surface area (Å²) in [5.41, 5.74) is 3.26. The number of carbonyl (C=O) groups excluding carboxylic acids is 2. The van der Waals surface area contributed by atoms with Gasteiger partial charge in [0.1, 0.15) is 0 Å². The van der Waals surface area contributed by atoms with Crippen molar-refractivity contribution in [2.45, 2.75) is 19.4 Å². The number of nitrogens with zero attached hydrogens (tertiary/aromatic N) is 2. The molecule has 0 aliphatic carbocycles. The largest absolute Gasteiger partial charge is 0.456 e. The van der Waals surface area contributed by atoms with Crippen LogP contribution in [-0.4, -0.2) is 44.5 Å². The Morgan fingerprint density at radius 3 is 2.36 bits per heavy atom. The molecule has 1 aromatic heterocycles. The summed E-state index contributed by atoms with van der Waals surface area (Å²) in [5, 5.41) is 3.98. The van der Waals surface area contributed by atoms with Gasteiger partial charge in [0.2, 0.25) is 0 Å². The van der Waals surface area contributed by atoms with E-state index in [-0.39, 0.29) is 18.5 Å². The maximum Gasteiger partial charge on any atom is 0.306 e.